The third-order valence-electron chi connectivity index (χ3n) is 4.56. The number of hydrogen-bond donors (Lipinski definition) is 2. The minimum atomic E-state index is -1.00. The summed E-state index contributed by atoms with van der Waals surface area (Å²) in [6.07, 6.45) is 1.02. The summed E-state index contributed by atoms with van der Waals surface area (Å²) < 4.78 is 12.7. The normalized spacial score (nSPS) is 18.7. The van der Waals surface area contributed by atoms with E-state index in [0.29, 0.717) is 5.75 Å². The molecule has 2 aromatic carbocycles. The predicted octanol–water partition coefficient (Wildman–Crippen LogP) is 3.47. The van der Waals surface area contributed by atoms with Crippen molar-refractivity contribution >= 4 is 21.7 Å². The Balaban J connectivity index is 1.64. The smallest absolute Gasteiger partial charge is 0.0596 e. The zero-order valence-electron chi connectivity index (χ0n) is 13.1. The Morgan fingerprint density at radius 1 is 1.13 bits per heavy atom. The van der Waals surface area contributed by atoms with Crippen LogP contribution in [0.15, 0.2) is 53.4 Å². The molecule has 1 aliphatic heterocycles. The highest BCUT2D eigenvalue weighted by Crippen LogP contribution is 2.30. The van der Waals surface area contributed by atoms with E-state index in [1.165, 1.54) is 27.7 Å². The summed E-state index contributed by atoms with van der Waals surface area (Å²) in [6, 6.07) is 16.5. The van der Waals surface area contributed by atoms with E-state index in [9.17, 15) is 4.21 Å². The van der Waals surface area contributed by atoms with Gasteiger partial charge in [-0.15, -0.1) is 0 Å². The van der Waals surface area contributed by atoms with Crippen LogP contribution in [0.1, 0.15) is 22.9 Å². The predicted molar refractivity (Wildman–Crippen MR) is 95.2 cm³/mol. The Morgan fingerprint density at radius 2 is 1.91 bits per heavy atom. The SMILES string of the molecule is Cc1ccc([S@](=O)C[C@@H]2NCCc3c2[nH]c2ccccc32)cc1. The zero-order chi connectivity index (χ0) is 15.8. The van der Waals surface area contributed by atoms with Gasteiger partial charge in [0.1, 0.15) is 0 Å². The quantitative estimate of drug-likeness (QED) is 0.775. The van der Waals surface area contributed by atoms with Crippen LogP contribution in [0.4, 0.5) is 0 Å². The van der Waals surface area contributed by atoms with Gasteiger partial charge in [0.05, 0.1) is 16.8 Å². The number of benzene rings is 2. The first-order valence-electron chi connectivity index (χ1n) is 8.00. The van der Waals surface area contributed by atoms with Crippen LogP contribution in [-0.2, 0) is 17.2 Å². The Bertz CT molecular complexity index is 867. The highest BCUT2D eigenvalue weighted by molar-refractivity contribution is 7.85. The molecule has 0 amide bonds. The highest BCUT2D eigenvalue weighted by atomic mass is 32.2. The number of aryl methyl sites for hydroxylation is 1. The van der Waals surface area contributed by atoms with Crippen molar-refractivity contribution in [2.24, 2.45) is 0 Å². The first-order valence-corrected chi connectivity index (χ1v) is 9.32. The molecule has 1 aromatic heterocycles. The van der Waals surface area contributed by atoms with E-state index in [0.717, 1.165) is 17.9 Å². The van der Waals surface area contributed by atoms with Gasteiger partial charge in [-0.25, -0.2) is 0 Å². The van der Waals surface area contributed by atoms with Crippen LogP contribution < -0.4 is 5.32 Å². The van der Waals surface area contributed by atoms with Gasteiger partial charge in [0.25, 0.3) is 0 Å². The van der Waals surface area contributed by atoms with Gasteiger partial charge in [-0.2, -0.15) is 0 Å². The van der Waals surface area contributed by atoms with Gasteiger partial charge >= 0.3 is 0 Å². The molecule has 4 rings (SSSR count). The Kier molecular flexibility index (Phi) is 3.79. The number of rotatable bonds is 3. The summed E-state index contributed by atoms with van der Waals surface area (Å²) >= 11 is 0. The molecule has 118 valence electrons. The zero-order valence-corrected chi connectivity index (χ0v) is 14.0. The number of para-hydroxylation sites is 1. The average molecular weight is 324 g/mol. The third-order valence-corrected chi connectivity index (χ3v) is 6.00. The molecule has 1 aliphatic rings. The van der Waals surface area contributed by atoms with E-state index in [1.807, 2.05) is 31.2 Å². The van der Waals surface area contributed by atoms with Gasteiger partial charge < -0.3 is 10.3 Å². The van der Waals surface area contributed by atoms with Crippen LogP contribution in [0.25, 0.3) is 10.9 Å². The van der Waals surface area contributed by atoms with Crippen molar-refractivity contribution in [2.75, 3.05) is 12.3 Å². The summed E-state index contributed by atoms with van der Waals surface area (Å²) in [5, 5.41) is 4.83. The molecule has 4 heteroatoms. The molecule has 0 fully saturated rings. The standard InChI is InChI=1S/C19H20N2OS/c1-13-6-8-14(9-7-13)23(22)12-18-19-16(10-11-20-18)15-4-2-3-5-17(15)21-19/h2-9,18,20-21H,10-12H2,1H3/t18-,23+/m0/s1. The molecule has 2 atom stereocenters. The number of H-pyrrole nitrogens is 1. The molecule has 0 radical (unpaired) electrons. The maximum atomic E-state index is 12.7. The molecule has 3 aromatic rings. The monoisotopic (exact) mass is 324 g/mol. The molecule has 3 nitrogen and oxygen atoms in total. The van der Waals surface area contributed by atoms with Gasteiger partial charge in [0.2, 0.25) is 0 Å². The lowest BCUT2D eigenvalue weighted by molar-refractivity contribution is 0.534. The van der Waals surface area contributed by atoms with Crippen molar-refractivity contribution in [1.29, 1.82) is 0 Å². The maximum Gasteiger partial charge on any atom is 0.0596 e. The van der Waals surface area contributed by atoms with E-state index in [2.05, 4.69) is 34.6 Å². The van der Waals surface area contributed by atoms with Crippen molar-refractivity contribution in [3.05, 3.63) is 65.4 Å². The molecule has 0 bridgehead atoms. The fourth-order valence-electron chi connectivity index (χ4n) is 3.34. The van der Waals surface area contributed by atoms with Crippen molar-refractivity contribution in [2.45, 2.75) is 24.3 Å². The Morgan fingerprint density at radius 3 is 2.74 bits per heavy atom. The molecule has 23 heavy (non-hydrogen) atoms. The van der Waals surface area contributed by atoms with Crippen molar-refractivity contribution in [3.63, 3.8) is 0 Å². The second-order valence-electron chi connectivity index (χ2n) is 6.14. The number of aromatic amines is 1. The molecular weight excluding hydrogens is 304 g/mol. The Labute approximate surface area is 138 Å². The van der Waals surface area contributed by atoms with Gasteiger partial charge in [0.15, 0.2) is 0 Å². The molecule has 0 unspecified atom stereocenters. The first-order chi connectivity index (χ1) is 11.2. The lowest BCUT2D eigenvalue weighted by Gasteiger charge is -2.24. The molecule has 0 spiro atoms. The minimum absolute atomic E-state index is 0.119. The van der Waals surface area contributed by atoms with Crippen LogP contribution in [0.5, 0.6) is 0 Å². The van der Waals surface area contributed by atoms with Gasteiger partial charge in [-0.3, -0.25) is 4.21 Å². The molecule has 0 saturated carbocycles. The second kappa shape index (κ2) is 5.95. The van der Waals surface area contributed by atoms with E-state index < -0.39 is 10.8 Å². The minimum Gasteiger partial charge on any atom is -0.357 e. The molecule has 0 saturated heterocycles. The lowest BCUT2D eigenvalue weighted by Crippen LogP contribution is -2.33. The molecule has 0 aliphatic carbocycles. The van der Waals surface area contributed by atoms with Crippen molar-refractivity contribution in [1.82, 2.24) is 10.3 Å². The molecule has 2 heterocycles. The third kappa shape index (κ3) is 2.73. The van der Waals surface area contributed by atoms with Gasteiger partial charge in [0, 0.05) is 27.2 Å². The van der Waals surface area contributed by atoms with Crippen LogP contribution in [0, 0.1) is 6.92 Å². The largest absolute Gasteiger partial charge is 0.357 e. The molecule has 2 N–H and O–H groups in total. The summed E-state index contributed by atoms with van der Waals surface area (Å²) in [5.74, 6) is 0.600. The van der Waals surface area contributed by atoms with E-state index >= 15 is 0 Å². The van der Waals surface area contributed by atoms with E-state index in [-0.39, 0.29) is 6.04 Å². The lowest BCUT2D eigenvalue weighted by atomic mass is 10.0. The summed E-state index contributed by atoms with van der Waals surface area (Å²) in [6.45, 7) is 2.98. The average Bonchev–Trinajstić information content (AvgIpc) is 2.95. The summed E-state index contributed by atoms with van der Waals surface area (Å²) in [7, 11) is -1.00. The first kappa shape index (κ1) is 14.7. The number of aromatic nitrogens is 1. The summed E-state index contributed by atoms with van der Waals surface area (Å²) in [5.41, 5.74) is 4.95. The van der Waals surface area contributed by atoms with Crippen molar-refractivity contribution < 1.29 is 4.21 Å². The van der Waals surface area contributed by atoms with E-state index in [1.54, 1.807) is 0 Å². The fraction of sp³-hybridized carbons (Fsp3) is 0.263. The number of hydrogen-bond acceptors (Lipinski definition) is 2. The van der Waals surface area contributed by atoms with Gasteiger partial charge in [-0.05, 0) is 43.7 Å². The highest BCUT2D eigenvalue weighted by Gasteiger charge is 2.25. The van der Waals surface area contributed by atoms with Crippen LogP contribution in [0.3, 0.4) is 0 Å². The summed E-state index contributed by atoms with van der Waals surface area (Å²) in [4.78, 5) is 4.44. The van der Waals surface area contributed by atoms with Gasteiger partial charge in [-0.1, -0.05) is 35.9 Å². The fourth-order valence-corrected chi connectivity index (χ4v) is 4.56. The van der Waals surface area contributed by atoms with E-state index in [4.69, 9.17) is 0 Å². The number of nitrogens with one attached hydrogen (secondary N) is 2. The Hall–Kier alpha value is -1.91. The van der Waals surface area contributed by atoms with Crippen LogP contribution >= 0.6 is 0 Å². The number of fused-ring (bicyclic) bond motifs is 3. The second-order valence-corrected chi connectivity index (χ2v) is 7.64. The maximum absolute atomic E-state index is 12.7. The van der Waals surface area contributed by atoms with Crippen LogP contribution in [0.2, 0.25) is 0 Å². The topological polar surface area (TPSA) is 44.9 Å². The molecular formula is C19H20N2OS. The van der Waals surface area contributed by atoms with Crippen LogP contribution in [-0.4, -0.2) is 21.5 Å². The van der Waals surface area contributed by atoms with Crippen molar-refractivity contribution in [3.8, 4) is 0 Å².